The molecule has 1 unspecified atom stereocenters. The first-order chi connectivity index (χ1) is 15.5. The van der Waals surface area contributed by atoms with Gasteiger partial charge in [-0.1, -0.05) is 50.3 Å². The molecule has 1 aromatic rings. The number of alkyl carbamates (subject to hydrolysis) is 1. The molecule has 0 aromatic heterocycles. The Hall–Kier alpha value is -3.35. The van der Waals surface area contributed by atoms with E-state index in [0.717, 1.165) is 28.0 Å². The topological polar surface area (TPSA) is 95.9 Å². The monoisotopic (exact) mass is 452 g/mol. The molecule has 0 saturated carbocycles. The second-order valence-electron chi connectivity index (χ2n) is 9.78. The summed E-state index contributed by atoms with van der Waals surface area (Å²) in [6.07, 6.45) is 2.99. The molecule has 3 rings (SSSR count). The number of hydrogen-bond acceptors (Lipinski definition) is 5. The van der Waals surface area contributed by atoms with E-state index in [1.54, 1.807) is 26.8 Å². The minimum absolute atomic E-state index is 0.0561. The Morgan fingerprint density at radius 3 is 2.45 bits per heavy atom. The SMILES string of the molecule is CC(C)CN1C=C2CC(=O)C(C(=O)O)C=C2C(c2ccccc2)=C1CNC(=O)OC(C)(C)C. The maximum atomic E-state index is 12.5. The summed E-state index contributed by atoms with van der Waals surface area (Å²) < 4.78 is 5.41. The zero-order chi connectivity index (χ0) is 24.3. The van der Waals surface area contributed by atoms with Crippen molar-refractivity contribution in [1.29, 1.82) is 0 Å². The first-order valence-corrected chi connectivity index (χ1v) is 11.2. The van der Waals surface area contributed by atoms with E-state index in [1.807, 2.05) is 36.5 Å². The highest BCUT2D eigenvalue weighted by Crippen LogP contribution is 2.42. The molecule has 0 fully saturated rings. The van der Waals surface area contributed by atoms with E-state index < -0.39 is 23.6 Å². The molecule has 7 nitrogen and oxygen atoms in total. The molecule has 0 radical (unpaired) electrons. The highest BCUT2D eigenvalue weighted by atomic mass is 16.6. The average Bonchev–Trinajstić information content (AvgIpc) is 2.70. The molecule has 176 valence electrons. The largest absolute Gasteiger partial charge is 0.480 e. The molecule has 2 N–H and O–H groups in total. The molecule has 1 aromatic carbocycles. The first kappa shape index (κ1) is 24.3. The third kappa shape index (κ3) is 5.92. The van der Waals surface area contributed by atoms with Gasteiger partial charge in [0, 0.05) is 30.4 Å². The summed E-state index contributed by atoms with van der Waals surface area (Å²) in [6, 6.07) is 9.64. The molecule has 1 aliphatic heterocycles. The van der Waals surface area contributed by atoms with E-state index in [1.165, 1.54) is 0 Å². The van der Waals surface area contributed by atoms with Crippen LogP contribution in [0, 0.1) is 11.8 Å². The van der Waals surface area contributed by atoms with Crippen LogP contribution in [0.3, 0.4) is 0 Å². The smallest absolute Gasteiger partial charge is 0.407 e. The number of benzene rings is 1. The summed E-state index contributed by atoms with van der Waals surface area (Å²) in [4.78, 5) is 38.7. The van der Waals surface area contributed by atoms with Crippen molar-refractivity contribution in [2.75, 3.05) is 13.1 Å². The van der Waals surface area contributed by atoms with Crippen molar-refractivity contribution < 1.29 is 24.2 Å². The van der Waals surface area contributed by atoms with Crippen LogP contribution in [0.25, 0.3) is 5.57 Å². The summed E-state index contributed by atoms with van der Waals surface area (Å²) in [5, 5.41) is 12.4. The number of ketones is 1. The number of carbonyl (C=O) groups is 3. The quantitative estimate of drug-likeness (QED) is 0.622. The lowest BCUT2D eigenvalue weighted by atomic mass is 9.78. The van der Waals surface area contributed by atoms with Gasteiger partial charge in [-0.05, 0) is 43.4 Å². The van der Waals surface area contributed by atoms with Crippen LogP contribution < -0.4 is 5.32 Å². The number of fused-ring (bicyclic) bond motifs is 1. The molecule has 1 aliphatic carbocycles. The Balaban J connectivity index is 2.12. The number of amides is 1. The summed E-state index contributed by atoms with van der Waals surface area (Å²) in [5.74, 6) is -2.36. The lowest BCUT2D eigenvalue weighted by molar-refractivity contribution is -0.144. The highest BCUT2D eigenvalue weighted by Gasteiger charge is 2.36. The summed E-state index contributed by atoms with van der Waals surface area (Å²) >= 11 is 0. The number of rotatable bonds is 6. The number of carboxylic acids is 1. The van der Waals surface area contributed by atoms with Crippen molar-refractivity contribution in [3.63, 3.8) is 0 Å². The molecular weight excluding hydrogens is 420 g/mol. The molecule has 1 heterocycles. The molecular formula is C26H32N2O5. The fraction of sp³-hybridized carbons (Fsp3) is 0.423. The van der Waals surface area contributed by atoms with E-state index in [9.17, 15) is 19.5 Å². The van der Waals surface area contributed by atoms with Crippen LogP contribution in [0.4, 0.5) is 4.79 Å². The Bertz CT molecular complexity index is 1030. The van der Waals surface area contributed by atoms with Crippen LogP contribution in [0.5, 0.6) is 0 Å². The predicted molar refractivity (Wildman–Crippen MR) is 126 cm³/mol. The predicted octanol–water partition coefficient (Wildman–Crippen LogP) is 4.38. The number of aliphatic carboxylic acids is 1. The van der Waals surface area contributed by atoms with Crippen molar-refractivity contribution >= 4 is 23.4 Å². The first-order valence-electron chi connectivity index (χ1n) is 11.2. The third-order valence-corrected chi connectivity index (χ3v) is 5.30. The van der Waals surface area contributed by atoms with Crippen LogP contribution >= 0.6 is 0 Å². The van der Waals surface area contributed by atoms with Gasteiger partial charge in [-0.3, -0.25) is 9.59 Å². The van der Waals surface area contributed by atoms with Gasteiger partial charge in [0.1, 0.15) is 11.5 Å². The van der Waals surface area contributed by atoms with E-state index in [4.69, 9.17) is 4.74 Å². The second kappa shape index (κ2) is 9.65. The maximum Gasteiger partial charge on any atom is 0.407 e. The second-order valence-corrected chi connectivity index (χ2v) is 9.78. The number of nitrogens with zero attached hydrogens (tertiary/aromatic N) is 1. The number of hydrogen-bond donors (Lipinski definition) is 2. The van der Waals surface area contributed by atoms with Gasteiger partial charge in [-0.15, -0.1) is 0 Å². The summed E-state index contributed by atoms with van der Waals surface area (Å²) in [5.41, 5.74) is 3.44. The molecule has 0 spiro atoms. The number of allylic oxidation sites excluding steroid dienone is 3. The van der Waals surface area contributed by atoms with Crippen LogP contribution in [0.1, 0.15) is 46.6 Å². The van der Waals surface area contributed by atoms with Crippen molar-refractivity contribution in [1.82, 2.24) is 10.2 Å². The molecule has 2 aliphatic rings. The molecule has 33 heavy (non-hydrogen) atoms. The van der Waals surface area contributed by atoms with E-state index in [-0.39, 0.29) is 18.7 Å². The van der Waals surface area contributed by atoms with Crippen molar-refractivity contribution in [3.8, 4) is 0 Å². The number of ether oxygens (including phenoxy) is 1. The Labute approximate surface area is 194 Å². The van der Waals surface area contributed by atoms with Gasteiger partial charge in [-0.2, -0.15) is 0 Å². The van der Waals surface area contributed by atoms with Crippen LogP contribution in [-0.4, -0.2) is 46.5 Å². The molecule has 1 atom stereocenters. The van der Waals surface area contributed by atoms with E-state index >= 15 is 0 Å². The normalized spacial score (nSPS) is 18.5. The van der Waals surface area contributed by atoms with Crippen LogP contribution in [0.15, 0.2) is 59.5 Å². The van der Waals surface area contributed by atoms with Gasteiger partial charge in [0.2, 0.25) is 0 Å². The third-order valence-electron chi connectivity index (χ3n) is 5.30. The lowest BCUT2D eigenvalue weighted by Gasteiger charge is -2.37. The molecule has 1 amide bonds. The maximum absolute atomic E-state index is 12.5. The number of carboxylic acid groups (broad SMARTS) is 1. The van der Waals surface area contributed by atoms with Crippen LogP contribution in [-0.2, 0) is 14.3 Å². The van der Waals surface area contributed by atoms with Crippen molar-refractivity contribution in [3.05, 3.63) is 65.0 Å². The average molecular weight is 453 g/mol. The minimum Gasteiger partial charge on any atom is -0.480 e. The Kier molecular flexibility index (Phi) is 7.10. The Morgan fingerprint density at radius 2 is 1.88 bits per heavy atom. The van der Waals surface area contributed by atoms with Gasteiger partial charge in [0.25, 0.3) is 0 Å². The number of carbonyl (C=O) groups excluding carboxylic acids is 2. The van der Waals surface area contributed by atoms with E-state index in [0.29, 0.717) is 12.5 Å². The van der Waals surface area contributed by atoms with Gasteiger partial charge >= 0.3 is 12.1 Å². The fourth-order valence-corrected chi connectivity index (χ4v) is 4.04. The van der Waals surface area contributed by atoms with E-state index in [2.05, 4.69) is 24.1 Å². The zero-order valence-electron chi connectivity index (χ0n) is 19.8. The highest BCUT2D eigenvalue weighted by molar-refractivity contribution is 6.05. The summed E-state index contributed by atoms with van der Waals surface area (Å²) in [7, 11) is 0. The summed E-state index contributed by atoms with van der Waals surface area (Å²) in [6.45, 7) is 10.5. The van der Waals surface area contributed by atoms with Gasteiger partial charge in [0.15, 0.2) is 5.78 Å². The minimum atomic E-state index is -1.19. The van der Waals surface area contributed by atoms with Gasteiger partial charge in [0.05, 0.1) is 6.54 Å². The lowest BCUT2D eigenvalue weighted by Crippen LogP contribution is -2.39. The van der Waals surface area contributed by atoms with Gasteiger partial charge in [-0.25, -0.2) is 4.79 Å². The standard InChI is InChI=1S/C26H32N2O5/c1-16(2)14-28-15-18-11-22(29)20(24(30)31)12-19(18)23(17-9-7-6-8-10-17)21(28)13-27-25(32)33-26(3,4)5/h6-10,12,15-16,20H,11,13-14H2,1-5H3,(H,27,32)(H,30,31). The Morgan fingerprint density at radius 1 is 1.21 bits per heavy atom. The van der Waals surface area contributed by atoms with Crippen molar-refractivity contribution in [2.45, 2.75) is 46.6 Å². The molecule has 0 saturated heterocycles. The van der Waals surface area contributed by atoms with Crippen molar-refractivity contribution in [2.24, 2.45) is 11.8 Å². The fourth-order valence-electron chi connectivity index (χ4n) is 4.04. The zero-order valence-corrected chi connectivity index (χ0v) is 19.8. The number of Topliss-reactive ketones (excluding diaryl/α,β-unsaturated/α-hetero) is 1. The number of nitrogens with one attached hydrogen (secondary N) is 1. The molecule has 7 heteroatoms. The van der Waals surface area contributed by atoms with Crippen LogP contribution in [0.2, 0.25) is 0 Å². The molecule has 0 bridgehead atoms. The van der Waals surface area contributed by atoms with Gasteiger partial charge < -0.3 is 20.1 Å².